The van der Waals surface area contributed by atoms with Crippen LogP contribution in [0.5, 0.6) is 5.75 Å². The van der Waals surface area contributed by atoms with Gasteiger partial charge in [-0.2, -0.15) is 0 Å². The van der Waals surface area contributed by atoms with Crippen LogP contribution in [-0.4, -0.2) is 26.2 Å². The zero-order valence-electron chi connectivity index (χ0n) is 11.6. The Labute approximate surface area is 122 Å². The first-order chi connectivity index (χ1) is 10.1. The van der Waals surface area contributed by atoms with Crippen molar-refractivity contribution in [1.82, 2.24) is 0 Å². The van der Waals surface area contributed by atoms with Gasteiger partial charge in [0.25, 0.3) is 0 Å². The predicted octanol–water partition coefficient (Wildman–Crippen LogP) is 2.62. The third-order valence-corrected chi connectivity index (χ3v) is 2.87. The van der Waals surface area contributed by atoms with Crippen LogP contribution in [0.15, 0.2) is 42.5 Å². The molecule has 2 rings (SSSR count). The summed E-state index contributed by atoms with van der Waals surface area (Å²) < 4.78 is 23.5. The molecule has 0 aliphatic heterocycles. The van der Waals surface area contributed by atoms with E-state index in [2.05, 4.69) is 0 Å². The van der Waals surface area contributed by atoms with Gasteiger partial charge in [0.1, 0.15) is 18.2 Å². The molecule has 2 aromatic rings. The summed E-state index contributed by atoms with van der Waals surface area (Å²) in [6.07, 6.45) is 0. The van der Waals surface area contributed by atoms with Crippen molar-refractivity contribution < 1.29 is 18.7 Å². The molecule has 0 aliphatic carbocycles. The minimum Gasteiger partial charge on any atom is -0.492 e. The number of halogens is 1. The molecule has 0 saturated heterocycles. The van der Waals surface area contributed by atoms with Crippen molar-refractivity contribution in [3.05, 3.63) is 53.8 Å². The Morgan fingerprint density at radius 1 is 1.19 bits per heavy atom. The van der Waals surface area contributed by atoms with Gasteiger partial charge in [0, 0.05) is 6.54 Å². The zero-order chi connectivity index (χ0) is 15.2. The molecule has 0 bridgehead atoms. The molecule has 0 unspecified atom stereocenters. The molecule has 0 radical (unpaired) electrons. The quantitative estimate of drug-likeness (QED) is 0.859. The highest BCUT2D eigenvalue weighted by atomic mass is 19.1. The summed E-state index contributed by atoms with van der Waals surface area (Å²) >= 11 is 0. The van der Waals surface area contributed by atoms with Crippen LogP contribution < -0.4 is 10.5 Å². The number of ether oxygens (including phenoxy) is 2. The van der Waals surface area contributed by atoms with E-state index >= 15 is 0 Å². The van der Waals surface area contributed by atoms with E-state index in [-0.39, 0.29) is 5.82 Å². The standard InChI is InChI=1S/C16H16FNO3/c1-20-16(19)13-7-12(9-15(10-13)21-6-5-18)11-3-2-4-14(17)8-11/h2-4,7-10H,5-6,18H2,1H3. The van der Waals surface area contributed by atoms with E-state index in [1.54, 1.807) is 30.3 Å². The second kappa shape index (κ2) is 6.85. The second-order valence-corrected chi connectivity index (χ2v) is 4.39. The maximum absolute atomic E-state index is 13.3. The van der Waals surface area contributed by atoms with Crippen LogP contribution in [0.2, 0.25) is 0 Å². The molecular weight excluding hydrogens is 273 g/mol. The Kier molecular flexibility index (Phi) is 4.90. The molecule has 2 N–H and O–H groups in total. The van der Waals surface area contributed by atoms with E-state index in [0.29, 0.717) is 35.6 Å². The number of methoxy groups -OCH3 is 1. The zero-order valence-corrected chi connectivity index (χ0v) is 11.6. The summed E-state index contributed by atoms with van der Waals surface area (Å²) in [4.78, 5) is 11.7. The number of hydrogen-bond donors (Lipinski definition) is 1. The molecule has 5 heteroatoms. The molecule has 0 saturated carbocycles. The first-order valence-corrected chi connectivity index (χ1v) is 6.46. The topological polar surface area (TPSA) is 61.5 Å². The molecule has 0 aromatic heterocycles. The van der Waals surface area contributed by atoms with Gasteiger partial charge >= 0.3 is 5.97 Å². The SMILES string of the molecule is COC(=O)c1cc(OCCN)cc(-c2cccc(F)c2)c1. The van der Waals surface area contributed by atoms with Crippen LogP contribution in [0.25, 0.3) is 11.1 Å². The van der Waals surface area contributed by atoms with Crippen LogP contribution in [0, 0.1) is 5.82 Å². The predicted molar refractivity (Wildman–Crippen MR) is 77.7 cm³/mol. The van der Waals surface area contributed by atoms with E-state index in [9.17, 15) is 9.18 Å². The Morgan fingerprint density at radius 3 is 2.67 bits per heavy atom. The maximum atomic E-state index is 13.3. The molecule has 0 amide bonds. The minimum absolute atomic E-state index is 0.327. The van der Waals surface area contributed by atoms with Gasteiger partial charge in [-0.15, -0.1) is 0 Å². The van der Waals surface area contributed by atoms with E-state index < -0.39 is 5.97 Å². The van der Waals surface area contributed by atoms with Crippen molar-refractivity contribution >= 4 is 5.97 Å². The Morgan fingerprint density at radius 2 is 2.00 bits per heavy atom. The van der Waals surface area contributed by atoms with Crippen LogP contribution in [0.1, 0.15) is 10.4 Å². The van der Waals surface area contributed by atoms with Gasteiger partial charge < -0.3 is 15.2 Å². The van der Waals surface area contributed by atoms with Crippen LogP contribution in [-0.2, 0) is 4.74 Å². The Balaban J connectivity index is 2.46. The molecule has 0 aliphatic rings. The van der Waals surface area contributed by atoms with E-state index in [1.807, 2.05) is 0 Å². The highest BCUT2D eigenvalue weighted by Crippen LogP contribution is 2.27. The number of esters is 1. The highest BCUT2D eigenvalue weighted by Gasteiger charge is 2.11. The smallest absolute Gasteiger partial charge is 0.338 e. The largest absolute Gasteiger partial charge is 0.492 e. The summed E-state index contributed by atoms with van der Waals surface area (Å²) in [5.74, 6) is -0.339. The van der Waals surface area contributed by atoms with Crippen molar-refractivity contribution in [2.24, 2.45) is 5.73 Å². The second-order valence-electron chi connectivity index (χ2n) is 4.39. The molecule has 2 aromatic carbocycles. The van der Waals surface area contributed by atoms with Gasteiger partial charge in [-0.25, -0.2) is 9.18 Å². The summed E-state index contributed by atoms with van der Waals surface area (Å²) in [6, 6.07) is 11.1. The fraction of sp³-hybridized carbons (Fsp3) is 0.188. The van der Waals surface area contributed by atoms with Crippen molar-refractivity contribution in [2.75, 3.05) is 20.3 Å². The molecule has 0 spiro atoms. The number of nitrogens with two attached hydrogens (primary N) is 1. The molecule has 0 fully saturated rings. The molecule has 110 valence electrons. The van der Waals surface area contributed by atoms with Gasteiger partial charge in [-0.3, -0.25) is 0 Å². The minimum atomic E-state index is -0.481. The van der Waals surface area contributed by atoms with Gasteiger partial charge in [-0.05, 0) is 41.5 Å². The summed E-state index contributed by atoms with van der Waals surface area (Å²) in [5, 5.41) is 0. The number of hydrogen-bond acceptors (Lipinski definition) is 4. The Hall–Kier alpha value is -2.40. The average Bonchev–Trinajstić information content (AvgIpc) is 2.51. The number of rotatable bonds is 5. The lowest BCUT2D eigenvalue weighted by Crippen LogP contribution is -2.11. The van der Waals surface area contributed by atoms with Crippen molar-refractivity contribution in [3.63, 3.8) is 0 Å². The third kappa shape index (κ3) is 3.79. The average molecular weight is 289 g/mol. The lowest BCUT2D eigenvalue weighted by atomic mass is 10.0. The van der Waals surface area contributed by atoms with Crippen LogP contribution in [0.4, 0.5) is 4.39 Å². The molecule has 0 heterocycles. The van der Waals surface area contributed by atoms with E-state index in [4.69, 9.17) is 15.2 Å². The number of carbonyl (C=O) groups is 1. The fourth-order valence-corrected chi connectivity index (χ4v) is 1.93. The first kappa shape index (κ1) is 15.0. The van der Waals surface area contributed by atoms with Gasteiger partial charge in [0.2, 0.25) is 0 Å². The maximum Gasteiger partial charge on any atom is 0.338 e. The van der Waals surface area contributed by atoms with Gasteiger partial charge in [-0.1, -0.05) is 12.1 Å². The normalized spacial score (nSPS) is 10.2. The summed E-state index contributed by atoms with van der Waals surface area (Å²) in [5.41, 5.74) is 7.06. The number of carbonyl (C=O) groups excluding carboxylic acids is 1. The molecule has 21 heavy (non-hydrogen) atoms. The summed E-state index contributed by atoms with van der Waals surface area (Å²) in [7, 11) is 1.30. The van der Waals surface area contributed by atoms with Crippen molar-refractivity contribution in [1.29, 1.82) is 0 Å². The first-order valence-electron chi connectivity index (χ1n) is 6.46. The van der Waals surface area contributed by atoms with Gasteiger partial charge in [0.05, 0.1) is 12.7 Å². The Bertz CT molecular complexity index is 643. The third-order valence-electron chi connectivity index (χ3n) is 2.87. The van der Waals surface area contributed by atoms with Crippen molar-refractivity contribution in [2.45, 2.75) is 0 Å². The van der Waals surface area contributed by atoms with E-state index in [0.717, 1.165) is 0 Å². The van der Waals surface area contributed by atoms with E-state index in [1.165, 1.54) is 19.2 Å². The lowest BCUT2D eigenvalue weighted by Gasteiger charge is -2.10. The van der Waals surface area contributed by atoms with Crippen LogP contribution in [0.3, 0.4) is 0 Å². The van der Waals surface area contributed by atoms with Gasteiger partial charge in [0.15, 0.2) is 0 Å². The fourth-order valence-electron chi connectivity index (χ4n) is 1.93. The monoisotopic (exact) mass is 289 g/mol. The molecule has 0 atom stereocenters. The highest BCUT2D eigenvalue weighted by molar-refractivity contribution is 5.91. The molecule has 4 nitrogen and oxygen atoms in total. The van der Waals surface area contributed by atoms with Crippen molar-refractivity contribution in [3.8, 4) is 16.9 Å². The molecular formula is C16H16FNO3. The lowest BCUT2D eigenvalue weighted by molar-refractivity contribution is 0.0600. The van der Waals surface area contributed by atoms with Crippen LogP contribution >= 0.6 is 0 Å². The number of benzene rings is 2. The summed E-state index contributed by atoms with van der Waals surface area (Å²) in [6.45, 7) is 0.685.